The quantitative estimate of drug-likeness (QED) is 0.273. The summed E-state index contributed by atoms with van der Waals surface area (Å²) in [5.41, 5.74) is 1.03. The third-order valence-corrected chi connectivity index (χ3v) is 4.43. The van der Waals surface area contributed by atoms with Gasteiger partial charge in [-0.25, -0.2) is 0 Å². The number of ether oxygens (including phenoxy) is 2. The van der Waals surface area contributed by atoms with E-state index in [1.165, 1.54) is 33.5 Å². The molecule has 8 nitrogen and oxygen atoms in total. The smallest absolute Gasteiger partial charge is 0.261 e. The predicted octanol–water partition coefficient (Wildman–Crippen LogP) is 2.97. The van der Waals surface area contributed by atoms with E-state index in [0.29, 0.717) is 23.8 Å². The second-order valence-corrected chi connectivity index (χ2v) is 8.33. The van der Waals surface area contributed by atoms with E-state index in [-0.39, 0.29) is 29.7 Å². The Hall–Kier alpha value is -1.71. The first-order valence-corrected chi connectivity index (χ1v) is 11.6. The van der Waals surface area contributed by atoms with Gasteiger partial charge in [0.25, 0.3) is 10.1 Å². The topological polar surface area (TPSA) is 127 Å². The van der Waals surface area contributed by atoms with Crippen molar-refractivity contribution in [3.05, 3.63) is 22.7 Å². The van der Waals surface area contributed by atoms with Gasteiger partial charge in [-0.1, -0.05) is 38.5 Å². The minimum atomic E-state index is -3.67. The van der Waals surface area contributed by atoms with Crippen molar-refractivity contribution in [3.63, 3.8) is 0 Å². The molecule has 0 saturated carbocycles. The van der Waals surface area contributed by atoms with Crippen molar-refractivity contribution >= 4 is 21.7 Å². The fourth-order valence-electron chi connectivity index (χ4n) is 2.97. The van der Waals surface area contributed by atoms with Gasteiger partial charge in [-0.15, -0.1) is 0 Å². The van der Waals surface area contributed by atoms with Crippen LogP contribution in [0.4, 0.5) is 0 Å². The van der Waals surface area contributed by atoms with Crippen LogP contribution in [0, 0.1) is 0 Å². The average molecular weight is 435 g/mol. The van der Waals surface area contributed by atoms with Crippen LogP contribution in [-0.4, -0.2) is 56.7 Å². The lowest BCUT2D eigenvalue weighted by Gasteiger charge is -2.20. The molecule has 0 atom stereocenters. The summed E-state index contributed by atoms with van der Waals surface area (Å²) in [6.45, 7) is 1.96. The number of aliphatic hydroxyl groups excluding tert-OH is 1. The molecule has 0 spiro atoms. The number of Topliss-reactive ketones (excluding diaryl/α,β-unsaturated/α-hetero) is 2. The Balaban J connectivity index is 0.00000139. The molecule has 0 fully saturated rings. The molecule has 0 heterocycles. The number of hydrogen-bond acceptors (Lipinski definition) is 7. The third kappa shape index (κ3) is 11.2. The average Bonchev–Trinajstić information content (AvgIpc) is 2.64. The highest BCUT2D eigenvalue weighted by Gasteiger charge is 2.34. The minimum Gasteiger partial charge on any atom is -0.489 e. The van der Waals surface area contributed by atoms with Gasteiger partial charge in [-0.05, 0) is 26.2 Å². The van der Waals surface area contributed by atoms with Gasteiger partial charge < -0.3 is 14.6 Å². The molecule has 0 aliphatic heterocycles. The molecule has 1 aliphatic rings. The Bertz CT molecular complexity index is 696. The first-order valence-electron chi connectivity index (χ1n) is 9.73. The van der Waals surface area contributed by atoms with Crippen molar-refractivity contribution in [1.29, 1.82) is 0 Å². The first kappa shape index (κ1) is 27.3. The minimum absolute atomic E-state index is 0.00614. The van der Waals surface area contributed by atoms with Crippen LogP contribution in [0.5, 0.6) is 0 Å². The molecule has 168 valence electrons. The predicted molar refractivity (Wildman–Crippen MR) is 110 cm³/mol. The summed E-state index contributed by atoms with van der Waals surface area (Å²) < 4.78 is 36.0. The van der Waals surface area contributed by atoms with Crippen molar-refractivity contribution in [2.45, 2.75) is 64.7 Å². The molecule has 0 radical (unpaired) electrons. The lowest BCUT2D eigenvalue weighted by Crippen LogP contribution is -2.25. The van der Waals surface area contributed by atoms with Gasteiger partial charge in [0.05, 0.1) is 20.5 Å². The van der Waals surface area contributed by atoms with E-state index in [0.717, 1.165) is 32.1 Å². The maximum absolute atomic E-state index is 12.5. The lowest BCUT2D eigenvalue weighted by molar-refractivity contribution is -0.121. The van der Waals surface area contributed by atoms with Crippen LogP contribution in [0.25, 0.3) is 0 Å². The van der Waals surface area contributed by atoms with Crippen LogP contribution >= 0.6 is 0 Å². The normalized spacial score (nSPS) is 14.7. The Morgan fingerprint density at radius 2 is 1.17 bits per heavy atom. The molecule has 0 aromatic rings. The zero-order valence-corrected chi connectivity index (χ0v) is 18.6. The maximum Gasteiger partial charge on any atom is 0.261 e. The molecule has 29 heavy (non-hydrogen) atoms. The van der Waals surface area contributed by atoms with Gasteiger partial charge in [0.15, 0.2) is 0 Å². The molecule has 1 aliphatic carbocycles. The molecule has 0 aromatic heterocycles. The van der Waals surface area contributed by atoms with Crippen LogP contribution in [0.1, 0.15) is 64.7 Å². The van der Waals surface area contributed by atoms with Gasteiger partial charge >= 0.3 is 0 Å². The summed E-state index contributed by atoms with van der Waals surface area (Å²) in [6.07, 6.45) is 9.89. The van der Waals surface area contributed by atoms with Crippen molar-refractivity contribution in [2.24, 2.45) is 0 Å². The van der Waals surface area contributed by atoms with Crippen LogP contribution < -0.4 is 0 Å². The molecule has 1 rings (SSSR count). The number of carbonyl (C=O) groups excluding carboxylic acids is 2. The number of carbonyl (C=O) groups is 2. The SMILES string of the molecule is COC1=C(OC)C(=O)C(CCCCCCCCCCO)=C(C)C1=O.CS(=O)(=O)O. The third-order valence-electron chi connectivity index (χ3n) is 4.43. The number of rotatable bonds is 12. The van der Waals surface area contributed by atoms with Crippen LogP contribution in [-0.2, 0) is 29.2 Å². The summed E-state index contributed by atoms with van der Waals surface area (Å²) in [6, 6.07) is 0. The summed E-state index contributed by atoms with van der Waals surface area (Å²) in [5, 5.41) is 8.72. The molecular weight excluding hydrogens is 400 g/mol. The Labute approximate surface area is 173 Å². The molecule has 0 bridgehead atoms. The first-order chi connectivity index (χ1) is 13.6. The van der Waals surface area contributed by atoms with Gasteiger partial charge in [0.2, 0.25) is 23.1 Å². The molecule has 0 unspecified atom stereocenters. The lowest BCUT2D eigenvalue weighted by atomic mass is 9.89. The van der Waals surface area contributed by atoms with Crippen molar-refractivity contribution in [3.8, 4) is 0 Å². The van der Waals surface area contributed by atoms with Gasteiger partial charge in [0.1, 0.15) is 0 Å². The fourth-order valence-corrected chi connectivity index (χ4v) is 2.97. The Kier molecular flexibility index (Phi) is 13.5. The molecule has 9 heteroatoms. The van der Waals surface area contributed by atoms with Gasteiger partial charge in [-0.2, -0.15) is 8.42 Å². The summed E-state index contributed by atoms with van der Waals surface area (Å²) in [4.78, 5) is 24.7. The van der Waals surface area contributed by atoms with E-state index in [1.807, 2.05) is 0 Å². The Morgan fingerprint density at radius 1 is 0.793 bits per heavy atom. The van der Waals surface area contributed by atoms with Crippen molar-refractivity contribution < 1.29 is 37.1 Å². The number of ketones is 2. The van der Waals surface area contributed by atoms with Crippen LogP contribution in [0.15, 0.2) is 22.7 Å². The fraction of sp³-hybridized carbons (Fsp3) is 0.700. The molecule has 0 amide bonds. The molecule has 0 saturated heterocycles. The second kappa shape index (κ2) is 14.3. The summed E-state index contributed by atoms with van der Waals surface area (Å²) >= 11 is 0. The second-order valence-electron chi connectivity index (χ2n) is 6.86. The summed E-state index contributed by atoms with van der Waals surface area (Å²) in [7, 11) is -0.910. The van der Waals surface area contributed by atoms with Crippen molar-refractivity contribution in [2.75, 3.05) is 27.1 Å². The maximum atomic E-state index is 12.5. The Morgan fingerprint density at radius 3 is 1.59 bits per heavy atom. The number of unbranched alkanes of at least 4 members (excludes halogenated alkanes) is 7. The van der Waals surface area contributed by atoms with E-state index in [2.05, 4.69) is 0 Å². The van der Waals surface area contributed by atoms with Gasteiger partial charge in [-0.3, -0.25) is 14.1 Å². The van der Waals surface area contributed by atoms with Crippen LogP contribution in [0.2, 0.25) is 0 Å². The van der Waals surface area contributed by atoms with E-state index in [1.54, 1.807) is 6.92 Å². The van der Waals surface area contributed by atoms with E-state index in [4.69, 9.17) is 19.1 Å². The molecule has 0 aromatic carbocycles. The number of methoxy groups -OCH3 is 2. The monoisotopic (exact) mass is 434 g/mol. The number of hydrogen-bond donors (Lipinski definition) is 2. The molecular formula is C20H34O8S. The van der Waals surface area contributed by atoms with E-state index >= 15 is 0 Å². The van der Waals surface area contributed by atoms with Crippen molar-refractivity contribution in [1.82, 2.24) is 0 Å². The number of allylic oxidation sites excluding steroid dienone is 2. The largest absolute Gasteiger partial charge is 0.489 e. The van der Waals surface area contributed by atoms with Gasteiger partial charge in [0, 0.05) is 17.8 Å². The molecule has 2 N–H and O–H groups in total. The summed E-state index contributed by atoms with van der Waals surface area (Å²) in [5.74, 6) is -0.457. The zero-order valence-electron chi connectivity index (χ0n) is 17.8. The standard InChI is InChI=1S/C19H30O5.CH4O3S/c1-14-15(12-10-8-6-4-5-7-9-11-13-20)17(22)19(24-3)18(23-2)16(14)21;1-5(2,3)4/h20H,4-13H2,1-3H3;1H3,(H,2,3,4). The zero-order chi connectivity index (χ0) is 22.4. The highest BCUT2D eigenvalue weighted by atomic mass is 32.2. The van der Waals surface area contributed by atoms with E-state index < -0.39 is 10.1 Å². The van der Waals surface area contributed by atoms with E-state index in [9.17, 15) is 18.0 Å². The number of aliphatic hydroxyl groups is 1. The highest BCUT2D eigenvalue weighted by molar-refractivity contribution is 7.85. The van der Waals surface area contributed by atoms with Crippen LogP contribution in [0.3, 0.4) is 0 Å². The highest BCUT2D eigenvalue weighted by Crippen LogP contribution is 2.28.